The molecule has 0 bridgehead atoms. The van der Waals surface area contributed by atoms with Crippen LogP contribution in [-0.2, 0) is 18.4 Å². The van der Waals surface area contributed by atoms with Crippen molar-refractivity contribution in [2.75, 3.05) is 40.9 Å². The highest BCUT2D eigenvalue weighted by Gasteiger charge is 2.27. The molecule has 3 unspecified atom stereocenters. The quantitative estimate of drug-likeness (QED) is 0.0244. The third-order valence-electron chi connectivity index (χ3n) is 11.3. The Kier molecular flexibility index (Phi) is 42.1. The number of aliphatic hydroxyl groups is 1. The predicted molar refractivity (Wildman–Crippen MR) is 258 cm³/mol. The minimum absolute atomic E-state index is 0.0547. The second-order valence-electron chi connectivity index (χ2n) is 18.5. The van der Waals surface area contributed by atoms with E-state index in [1.807, 2.05) is 27.2 Å². The average molecular weight is 868 g/mol. The van der Waals surface area contributed by atoms with Gasteiger partial charge < -0.3 is 19.8 Å². The highest BCUT2D eigenvalue weighted by molar-refractivity contribution is 7.47. The number of aliphatic hydroxyl groups excluding tert-OH is 1. The minimum Gasteiger partial charge on any atom is -0.387 e. The molecule has 60 heavy (non-hydrogen) atoms. The molecular weight excluding hydrogens is 768 g/mol. The molecule has 0 aliphatic rings. The van der Waals surface area contributed by atoms with E-state index < -0.39 is 20.0 Å². The van der Waals surface area contributed by atoms with Crippen LogP contribution in [0.1, 0.15) is 232 Å². The van der Waals surface area contributed by atoms with E-state index in [0.717, 1.165) is 51.4 Å². The predicted octanol–water partition coefficient (Wildman–Crippen LogP) is 14.6. The summed E-state index contributed by atoms with van der Waals surface area (Å²) in [5, 5.41) is 13.8. The summed E-state index contributed by atoms with van der Waals surface area (Å²) in [6.45, 7) is 4.77. The molecular formula is C51H100N2O6P+. The van der Waals surface area contributed by atoms with E-state index in [2.05, 4.69) is 43.5 Å². The van der Waals surface area contributed by atoms with E-state index in [4.69, 9.17) is 9.05 Å². The van der Waals surface area contributed by atoms with Gasteiger partial charge in [-0.3, -0.25) is 13.8 Å². The van der Waals surface area contributed by atoms with E-state index >= 15 is 0 Å². The molecule has 354 valence electrons. The molecule has 1 amide bonds. The topological polar surface area (TPSA) is 105 Å². The molecule has 3 N–H and O–H groups in total. The number of nitrogens with one attached hydrogen (secondary N) is 1. The fourth-order valence-electron chi connectivity index (χ4n) is 7.31. The van der Waals surface area contributed by atoms with Crippen LogP contribution < -0.4 is 5.32 Å². The first-order valence-corrected chi connectivity index (χ1v) is 26.9. The number of hydrogen-bond acceptors (Lipinski definition) is 5. The lowest BCUT2D eigenvalue weighted by Crippen LogP contribution is -2.45. The summed E-state index contributed by atoms with van der Waals surface area (Å²) in [7, 11) is 1.55. The Labute approximate surface area is 372 Å². The maximum absolute atomic E-state index is 12.9. The van der Waals surface area contributed by atoms with Gasteiger partial charge in [-0.25, -0.2) is 4.57 Å². The Morgan fingerprint density at radius 2 is 0.917 bits per heavy atom. The van der Waals surface area contributed by atoms with Crippen molar-refractivity contribution < 1.29 is 32.9 Å². The van der Waals surface area contributed by atoms with Crippen molar-refractivity contribution in [2.45, 2.75) is 244 Å². The Balaban J connectivity index is 4.20. The molecule has 0 radical (unpaired) electrons. The van der Waals surface area contributed by atoms with Crippen LogP contribution in [-0.4, -0.2) is 73.4 Å². The van der Waals surface area contributed by atoms with Gasteiger partial charge in [0.25, 0.3) is 0 Å². The van der Waals surface area contributed by atoms with Crippen molar-refractivity contribution in [2.24, 2.45) is 0 Å². The number of phosphoric ester groups is 1. The fourth-order valence-corrected chi connectivity index (χ4v) is 8.05. The van der Waals surface area contributed by atoms with E-state index in [0.29, 0.717) is 17.4 Å². The Morgan fingerprint density at radius 1 is 0.550 bits per heavy atom. The molecule has 0 saturated heterocycles. The maximum atomic E-state index is 12.9. The zero-order valence-corrected chi connectivity index (χ0v) is 41.1. The largest absolute Gasteiger partial charge is 0.472 e. The van der Waals surface area contributed by atoms with Crippen molar-refractivity contribution in [3.05, 3.63) is 36.5 Å². The van der Waals surface area contributed by atoms with Crippen LogP contribution in [0, 0.1) is 0 Å². The Bertz CT molecular complexity index is 1070. The molecule has 0 aromatic rings. The summed E-state index contributed by atoms with van der Waals surface area (Å²) in [5.74, 6) is -0.189. The van der Waals surface area contributed by atoms with E-state index in [-0.39, 0.29) is 19.1 Å². The van der Waals surface area contributed by atoms with Gasteiger partial charge in [-0.05, 0) is 44.9 Å². The summed E-state index contributed by atoms with van der Waals surface area (Å²) >= 11 is 0. The van der Waals surface area contributed by atoms with Crippen LogP contribution in [0.5, 0.6) is 0 Å². The third-order valence-corrected chi connectivity index (χ3v) is 12.3. The summed E-state index contributed by atoms with van der Waals surface area (Å²) in [5.41, 5.74) is 0. The van der Waals surface area contributed by atoms with Crippen LogP contribution in [0.25, 0.3) is 0 Å². The first-order valence-electron chi connectivity index (χ1n) is 25.4. The summed E-state index contributed by atoms with van der Waals surface area (Å²) < 4.78 is 23.6. The van der Waals surface area contributed by atoms with Gasteiger partial charge in [0.05, 0.1) is 39.9 Å². The maximum Gasteiger partial charge on any atom is 0.472 e. The van der Waals surface area contributed by atoms with Crippen LogP contribution in [0.3, 0.4) is 0 Å². The van der Waals surface area contributed by atoms with Crippen LogP contribution in [0.15, 0.2) is 36.5 Å². The monoisotopic (exact) mass is 868 g/mol. The van der Waals surface area contributed by atoms with Gasteiger partial charge in [0.15, 0.2) is 0 Å². The fraction of sp³-hybridized carbons (Fsp3) is 0.863. The molecule has 0 rings (SSSR count). The number of nitrogens with zero attached hydrogens (tertiary/aromatic N) is 1. The molecule has 0 aromatic heterocycles. The summed E-state index contributed by atoms with van der Waals surface area (Å²) in [6, 6.07) is -0.866. The SMILES string of the molecule is CCCCC/C=C/CC/C=C/CC/C=C/C(O)C(COP(=O)(O)OCC[N+](C)(C)C)NC(=O)CCCCCCCCCCCCCCCCCCCCCCCCCCC. The van der Waals surface area contributed by atoms with Gasteiger partial charge in [-0.15, -0.1) is 0 Å². The van der Waals surface area contributed by atoms with Crippen LogP contribution in [0.4, 0.5) is 0 Å². The molecule has 0 fully saturated rings. The van der Waals surface area contributed by atoms with Gasteiger partial charge in [-0.2, -0.15) is 0 Å². The summed E-state index contributed by atoms with van der Waals surface area (Å²) in [6.07, 6.45) is 53.8. The molecule has 0 aliphatic heterocycles. The molecule has 3 atom stereocenters. The molecule has 0 spiro atoms. The number of phosphoric acid groups is 1. The lowest BCUT2D eigenvalue weighted by molar-refractivity contribution is -0.870. The second kappa shape index (κ2) is 43.0. The third kappa shape index (κ3) is 44.8. The summed E-state index contributed by atoms with van der Waals surface area (Å²) in [4.78, 5) is 23.2. The van der Waals surface area contributed by atoms with Crippen molar-refractivity contribution in [1.29, 1.82) is 0 Å². The lowest BCUT2D eigenvalue weighted by Gasteiger charge is -2.25. The number of allylic oxidation sites excluding steroid dienone is 5. The van der Waals surface area contributed by atoms with Crippen molar-refractivity contribution >= 4 is 13.7 Å². The van der Waals surface area contributed by atoms with E-state index in [1.54, 1.807) is 6.08 Å². The number of carbonyl (C=O) groups is 1. The lowest BCUT2D eigenvalue weighted by atomic mass is 10.0. The normalized spacial score (nSPS) is 14.4. The number of rotatable bonds is 46. The number of carbonyl (C=O) groups excluding carboxylic acids is 1. The van der Waals surface area contributed by atoms with Gasteiger partial charge in [-0.1, -0.05) is 217 Å². The average Bonchev–Trinajstić information content (AvgIpc) is 3.20. The highest BCUT2D eigenvalue weighted by atomic mass is 31.2. The molecule has 8 nitrogen and oxygen atoms in total. The van der Waals surface area contributed by atoms with Crippen molar-refractivity contribution in [3.8, 4) is 0 Å². The Hall–Kier alpha value is -1.28. The number of quaternary nitrogens is 1. The molecule has 9 heteroatoms. The smallest absolute Gasteiger partial charge is 0.387 e. The van der Waals surface area contributed by atoms with Gasteiger partial charge >= 0.3 is 7.82 Å². The van der Waals surface area contributed by atoms with Gasteiger partial charge in [0.2, 0.25) is 5.91 Å². The van der Waals surface area contributed by atoms with Crippen LogP contribution >= 0.6 is 7.82 Å². The molecule has 0 saturated carbocycles. The minimum atomic E-state index is -4.35. The van der Waals surface area contributed by atoms with Crippen molar-refractivity contribution in [1.82, 2.24) is 5.32 Å². The molecule has 0 heterocycles. The number of hydrogen-bond donors (Lipinski definition) is 3. The van der Waals surface area contributed by atoms with Crippen molar-refractivity contribution in [3.63, 3.8) is 0 Å². The molecule has 0 aromatic carbocycles. The first kappa shape index (κ1) is 58.7. The first-order chi connectivity index (χ1) is 29.0. The number of unbranched alkanes of at least 4 members (excludes halogenated alkanes) is 29. The number of likely N-dealkylation sites (N-methyl/N-ethyl adjacent to an activating group) is 1. The highest BCUT2D eigenvalue weighted by Crippen LogP contribution is 2.43. The standard InChI is InChI=1S/C51H99N2O6P/c1-6-8-10-12-14-16-18-20-21-22-23-24-25-26-27-28-29-30-31-33-35-37-39-41-43-45-51(55)52-49(48-59-60(56,57)58-47-46-53(3,4)5)50(54)44-42-40-38-36-34-32-19-17-15-13-11-9-7-2/h15,17,34,36,42,44,49-50,54H,6-14,16,18-33,35,37-41,43,45-48H2,1-5H3,(H-,52,55,56,57)/p+1/b17-15+,36-34+,44-42+. The second-order valence-corrected chi connectivity index (χ2v) is 20.0. The zero-order valence-electron chi connectivity index (χ0n) is 40.2. The molecule has 0 aliphatic carbocycles. The van der Waals surface area contributed by atoms with Crippen LogP contribution in [0.2, 0.25) is 0 Å². The number of amides is 1. The van der Waals surface area contributed by atoms with Gasteiger partial charge in [0, 0.05) is 6.42 Å². The Morgan fingerprint density at radius 3 is 1.33 bits per heavy atom. The zero-order chi connectivity index (χ0) is 44.3. The van der Waals surface area contributed by atoms with Gasteiger partial charge in [0.1, 0.15) is 13.2 Å². The van der Waals surface area contributed by atoms with E-state index in [1.165, 1.54) is 161 Å². The van der Waals surface area contributed by atoms with E-state index in [9.17, 15) is 19.4 Å².